The highest BCUT2D eigenvalue weighted by Gasteiger charge is 2.30. The Morgan fingerprint density at radius 1 is 1.50 bits per heavy atom. The molecule has 1 saturated heterocycles. The minimum absolute atomic E-state index is 0.0220. The third-order valence-electron chi connectivity index (χ3n) is 3.25. The third kappa shape index (κ3) is 6.00. The molecular weight excluding hydrogens is 280 g/mol. The summed E-state index contributed by atoms with van der Waals surface area (Å²) in [5.74, 6) is -0.303. The van der Waals surface area contributed by atoms with Crippen LogP contribution in [0.5, 0.6) is 0 Å². The van der Waals surface area contributed by atoms with Gasteiger partial charge in [0.15, 0.2) is 0 Å². The number of thioether (sulfide) groups is 1. The summed E-state index contributed by atoms with van der Waals surface area (Å²) in [4.78, 5) is 22.9. The zero-order valence-corrected chi connectivity index (χ0v) is 13.1. The van der Waals surface area contributed by atoms with Gasteiger partial charge in [-0.1, -0.05) is 0 Å². The number of nitrogens with one attached hydrogen (secondary N) is 2. The van der Waals surface area contributed by atoms with Gasteiger partial charge in [-0.05, 0) is 45.1 Å². The number of carboxylic acid groups (broad SMARTS) is 1. The predicted octanol–water partition coefficient (Wildman–Crippen LogP) is 1.45. The summed E-state index contributed by atoms with van der Waals surface area (Å²) >= 11 is 1.56. The Balaban J connectivity index is 2.43. The maximum absolute atomic E-state index is 11.9. The van der Waals surface area contributed by atoms with E-state index in [1.165, 1.54) is 0 Å². The Morgan fingerprint density at radius 3 is 2.75 bits per heavy atom. The first-order valence-electron chi connectivity index (χ1n) is 6.77. The third-order valence-corrected chi connectivity index (χ3v) is 3.89. The van der Waals surface area contributed by atoms with Gasteiger partial charge >= 0.3 is 12.0 Å². The van der Waals surface area contributed by atoms with E-state index in [1.54, 1.807) is 11.8 Å². The van der Waals surface area contributed by atoms with E-state index in [-0.39, 0.29) is 11.6 Å². The smallest absolute Gasteiger partial charge is 0.326 e. The molecule has 1 rings (SSSR count). The normalized spacial score (nSPS) is 22.9. The van der Waals surface area contributed by atoms with E-state index in [2.05, 4.69) is 10.6 Å². The maximum Gasteiger partial charge on any atom is 0.326 e. The number of aliphatic carboxylic acids is 1. The van der Waals surface area contributed by atoms with Crippen LogP contribution >= 0.6 is 11.8 Å². The number of carbonyl (C=O) groups excluding carboxylic acids is 1. The van der Waals surface area contributed by atoms with E-state index in [0.717, 1.165) is 12.8 Å². The lowest BCUT2D eigenvalue weighted by atomic mass is 9.94. The van der Waals surface area contributed by atoms with Crippen LogP contribution in [0.1, 0.15) is 33.1 Å². The van der Waals surface area contributed by atoms with Crippen molar-refractivity contribution in [1.29, 1.82) is 0 Å². The minimum atomic E-state index is -0.999. The van der Waals surface area contributed by atoms with Gasteiger partial charge in [-0.15, -0.1) is 0 Å². The fourth-order valence-corrected chi connectivity index (χ4v) is 2.70. The van der Waals surface area contributed by atoms with E-state index >= 15 is 0 Å². The Morgan fingerprint density at radius 2 is 2.20 bits per heavy atom. The van der Waals surface area contributed by atoms with Crippen LogP contribution in [-0.2, 0) is 9.53 Å². The van der Waals surface area contributed by atoms with E-state index in [1.807, 2.05) is 20.1 Å². The summed E-state index contributed by atoms with van der Waals surface area (Å²) < 4.78 is 5.58. The number of ether oxygens (including phenoxy) is 1. The summed E-state index contributed by atoms with van der Waals surface area (Å²) in [5.41, 5.74) is -0.249. The van der Waals surface area contributed by atoms with Crippen molar-refractivity contribution in [3.05, 3.63) is 0 Å². The molecule has 1 aliphatic rings. The molecule has 0 saturated carbocycles. The summed E-state index contributed by atoms with van der Waals surface area (Å²) in [6, 6.07) is -1.23. The fraction of sp³-hybridized carbons (Fsp3) is 0.846. The molecule has 6 nitrogen and oxygen atoms in total. The molecule has 1 aliphatic heterocycles. The van der Waals surface area contributed by atoms with Gasteiger partial charge in [0.1, 0.15) is 6.04 Å². The van der Waals surface area contributed by atoms with Gasteiger partial charge < -0.3 is 20.5 Å². The average molecular weight is 304 g/mol. The fourth-order valence-electron chi connectivity index (χ4n) is 2.23. The molecule has 1 fully saturated rings. The van der Waals surface area contributed by atoms with E-state index < -0.39 is 18.0 Å². The second-order valence-corrected chi connectivity index (χ2v) is 6.57. The molecule has 7 heteroatoms. The van der Waals surface area contributed by atoms with Crippen molar-refractivity contribution in [2.24, 2.45) is 0 Å². The zero-order valence-electron chi connectivity index (χ0n) is 12.3. The van der Waals surface area contributed by atoms with Crippen LogP contribution in [-0.4, -0.2) is 53.4 Å². The number of urea groups is 1. The monoisotopic (exact) mass is 304 g/mol. The lowest BCUT2D eigenvalue weighted by Crippen LogP contribution is -2.52. The average Bonchev–Trinajstić information content (AvgIpc) is 2.32. The van der Waals surface area contributed by atoms with Crippen LogP contribution in [0.15, 0.2) is 0 Å². The molecule has 0 aromatic rings. The van der Waals surface area contributed by atoms with Gasteiger partial charge in [0.25, 0.3) is 0 Å². The Kier molecular flexibility index (Phi) is 6.61. The summed E-state index contributed by atoms with van der Waals surface area (Å²) in [7, 11) is 0. The van der Waals surface area contributed by atoms with E-state index in [9.17, 15) is 9.59 Å². The first-order valence-corrected chi connectivity index (χ1v) is 8.16. The largest absolute Gasteiger partial charge is 0.480 e. The first kappa shape index (κ1) is 17.1. The van der Waals surface area contributed by atoms with Gasteiger partial charge in [-0.2, -0.15) is 11.8 Å². The predicted molar refractivity (Wildman–Crippen MR) is 79.1 cm³/mol. The number of hydrogen-bond acceptors (Lipinski definition) is 4. The minimum Gasteiger partial charge on any atom is -0.480 e. The summed E-state index contributed by atoms with van der Waals surface area (Å²) in [6.45, 7) is 4.57. The molecule has 0 spiro atoms. The van der Waals surface area contributed by atoms with Crippen LogP contribution in [0, 0.1) is 0 Å². The lowest BCUT2D eigenvalue weighted by molar-refractivity contribution is -0.139. The second kappa shape index (κ2) is 7.73. The molecule has 116 valence electrons. The topological polar surface area (TPSA) is 87.7 Å². The molecule has 20 heavy (non-hydrogen) atoms. The van der Waals surface area contributed by atoms with Crippen LogP contribution in [0.3, 0.4) is 0 Å². The molecule has 0 aromatic carbocycles. The quantitative estimate of drug-likeness (QED) is 0.691. The van der Waals surface area contributed by atoms with Crippen molar-refractivity contribution in [1.82, 2.24) is 10.6 Å². The van der Waals surface area contributed by atoms with Crippen LogP contribution in [0.25, 0.3) is 0 Å². The Bertz CT molecular complexity index is 349. The molecule has 1 heterocycles. The van der Waals surface area contributed by atoms with Gasteiger partial charge in [-0.25, -0.2) is 9.59 Å². The van der Waals surface area contributed by atoms with Gasteiger partial charge in [0, 0.05) is 12.6 Å². The highest BCUT2D eigenvalue weighted by atomic mass is 32.2. The van der Waals surface area contributed by atoms with Crippen LogP contribution < -0.4 is 10.6 Å². The van der Waals surface area contributed by atoms with Gasteiger partial charge in [0.05, 0.1) is 5.60 Å². The molecule has 2 amide bonds. The number of rotatable bonds is 6. The molecule has 0 aliphatic carbocycles. The van der Waals surface area contributed by atoms with Crippen molar-refractivity contribution in [2.75, 3.05) is 18.6 Å². The molecule has 0 radical (unpaired) electrons. The molecule has 3 N–H and O–H groups in total. The van der Waals surface area contributed by atoms with Gasteiger partial charge in [-0.3, -0.25) is 0 Å². The van der Waals surface area contributed by atoms with E-state index in [0.29, 0.717) is 18.8 Å². The Labute approximate surface area is 124 Å². The molecule has 0 aromatic heterocycles. The van der Waals surface area contributed by atoms with Crippen LogP contribution in [0.4, 0.5) is 4.79 Å². The zero-order chi connectivity index (χ0) is 15.2. The van der Waals surface area contributed by atoms with E-state index in [4.69, 9.17) is 9.84 Å². The Hall–Kier alpha value is -0.950. The first-order chi connectivity index (χ1) is 9.34. The maximum atomic E-state index is 11.9. The molecular formula is C13H24N2O4S. The number of carboxylic acids is 1. The molecule has 1 unspecified atom stereocenters. The number of carbonyl (C=O) groups is 2. The van der Waals surface area contributed by atoms with Crippen molar-refractivity contribution >= 4 is 23.8 Å². The summed E-state index contributed by atoms with van der Waals surface area (Å²) in [6.07, 6.45) is 3.80. The van der Waals surface area contributed by atoms with Crippen molar-refractivity contribution in [2.45, 2.75) is 50.8 Å². The highest BCUT2D eigenvalue weighted by Crippen LogP contribution is 2.23. The van der Waals surface area contributed by atoms with Crippen molar-refractivity contribution in [3.8, 4) is 0 Å². The van der Waals surface area contributed by atoms with Crippen molar-refractivity contribution < 1.29 is 19.4 Å². The standard InChI is InChI=1S/C13H24N2O4S/c1-13(2)8-9(4-6-19-13)14-12(18)15-10(11(16)17)5-7-20-3/h9-10H,4-8H2,1-3H3,(H,16,17)(H2,14,15,18)/t9?,10-/m1/s1. The number of amides is 2. The molecule has 0 bridgehead atoms. The summed E-state index contributed by atoms with van der Waals surface area (Å²) in [5, 5.41) is 14.4. The van der Waals surface area contributed by atoms with Gasteiger partial charge in [0.2, 0.25) is 0 Å². The molecule has 2 atom stereocenters. The lowest BCUT2D eigenvalue weighted by Gasteiger charge is -2.35. The SMILES string of the molecule is CSCC[C@@H](NC(=O)NC1CCOC(C)(C)C1)C(=O)O. The van der Waals surface area contributed by atoms with Crippen LogP contribution in [0.2, 0.25) is 0 Å². The van der Waals surface area contributed by atoms with Crippen molar-refractivity contribution in [3.63, 3.8) is 0 Å². The highest BCUT2D eigenvalue weighted by molar-refractivity contribution is 7.98. The number of hydrogen-bond donors (Lipinski definition) is 3. The second-order valence-electron chi connectivity index (χ2n) is 5.59.